The fourth-order valence-electron chi connectivity index (χ4n) is 1.52. The third-order valence-electron chi connectivity index (χ3n) is 2.32. The molecular weight excluding hydrogens is 250 g/mol. The topological polar surface area (TPSA) is 31.4 Å². The number of rotatable bonds is 5. The monoisotopic (exact) mass is 263 g/mol. The molecule has 4 heteroatoms. The van der Waals surface area contributed by atoms with Gasteiger partial charge in [-0.25, -0.2) is 4.98 Å². The van der Waals surface area contributed by atoms with Crippen LogP contribution in [0.1, 0.15) is 12.5 Å². The highest BCUT2D eigenvalue weighted by Crippen LogP contribution is 2.26. The van der Waals surface area contributed by atoms with Gasteiger partial charge in [-0.1, -0.05) is 12.1 Å². The molecule has 0 saturated heterocycles. The summed E-state index contributed by atoms with van der Waals surface area (Å²) in [7, 11) is 0. The van der Waals surface area contributed by atoms with Crippen LogP contribution < -0.4 is 9.47 Å². The molecule has 0 aliphatic heterocycles. The van der Waals surface area contributed by atoms with E-state index in [1.54, 1.807) is 6.20 Å². The van der Waals surface area contributed by atoms with Crippen molar-refractivity contribution in [1.82, 2.24) is 4.98 Å². The standard InChI is InChI=1S/C14H14ClNO2/c1-2-17-12-6-3-7-13(9-12)18-14-11(10-15)5-4-8-16-14/h3-9H,2,10H2,1H3. The van der Waals surface area contributed by atoms with E-state index >= 15 is 0 Å². The lowest BCUT2D eigenvalue weighted by Gasteiger charge is -2.09. The second-order valence-corrected chi connectivity index (χ2v) is 3.88. The summed E-state index contributed by atoms with van der Waals surface area (Å²) in [6.45, 7) is 2.57. The quantitative estimate of drug-likeness (QED) is 0.764. The number of alkyl halides is 1. The molecule has 1 heterocycles. The zero-order chi connectivity index (χ0) is 12.8. The molecule has 1 aromatic carbocycles. The van der Waals surface area contributed by atoms with Crippen molar-refractivity contribution in [3.05, 3.63) is 48.2 Å². The lowest BCUT2D eigenvalue weighted by atomic mass is 10.3. The summed E-state index contributed by atoms with van der Waals surface area (Å²) >= 11 is 5.83. The van der Waals surface area contributed by atoms with Crippen molar-refractivity contribution in [3.63, 3.8) is 0 Å². The van der Waals surface area contributed by atoms with E-state index in [-0.39, 0.29) is 0 Å². The van der Waals surface area contributed by atoms with Crippen LogP contribution in [0.2, 0.25) is 0 Å². The molecule has 0 aliphatic rings. The predicted molar refractivity (Wildman–Crippen MR) is 71.5 cm³/mol. The Bertz CT molecular complexity index is 517. The van der Waals surface area contributed by atoms with Crippen LogP contribution in [0.5, 0.6) is 17.4 Å². The van der Waals surface area contributed by atoms with Gasteiger partial charge in [0, 0.05) is 17.8 Å². The zero-order valence-corrected chi connectivity index (χ0v) is 10.9. The van der Waals surface area contributed by atoms with Gasteiger partial charge in [-0.05, 0) is 25.1 Å². The summed E-state index contributed by atoms with van der Waals surface area (Å²) in [6.07, 6.45) is 1.68. The van der Waals surface area contributed by atoms with Crippen LogP contribution in [-0.4, -0.2) is 11.6 Å². The second-order valence-electron chi connectivity index (χ2n) is 3.61. The van der Waals surface area contributed by atoms with E-state index < -0.39 is 0 Å². The predicted octanol–water partition coefficient (Wildman–Crippen LogP) is 4.01. The second kappa shape index (κ2) is 6.26. The maximum atomic E-state index is 5.83. The minimum atomic E-state index is 0.369. The molecule has 0 saturated carbocycles. The molecule has 0 radical (unpaired) electrons. The fraction of sp³-hybridized carbons (Fsp3) is 0.214. The Morgan fingerprint density at radius 3 is 2.78 bits per heavy atom. The van der Waals surface area contributed by atoms with Crippen LogP contribution in [-0.2, 0) is 5.88 Å². The highest BCUT2D eigenvalue weighted by atomic mass is 35.5. The van der Waals surface area contributed by atoms with Crippen molar-refractivity contribution in [3.8, 4) is 17.4 Å². The Hall–Kier alpha value is -1.74. The van der Waals surface area contributed by atoms with Gasteiger partial charge in [0.15, 0.2) is 0 Å². The number of ether oxygens (including phenoxy) is 2. The number of benzene rings is 1. The smallest absolute Gasteiger partial charge is 0.223 e. The highest BCUT2D eigenvalue weighted by Gasteiger charge is 2.05. The third kappa shape index (κ3) is 3.14. The molecule has 2 aromatic rings. The molecule has 0 N–H and O–H groups in total. The summed E-state index contributed by atoms with van der Waals surface area (Å²) in [5.74, 6) is 2.36. The summed E-state index contributed by atoms with van der Waals surface area (Å²) in [5.41, 5.74) is 0.862. The van der Waals surface area contributed by atoms with Gasteiger partial charge in [-0.15, -0.1) is 11.6 Å². The molecule has 2 rings (SSSR count). The Morgan fingerprint density at radius 2 is 2.00 bits per heavy atom. The minimum absolute atomic E-state index is 0.369. The van der Waals surface area contributed by atoms with Crippen molar-refractivity contribution >= 4 is 11.6 Å². The van der Waals surface area contributed by atoms with E-state index in [4.69, 9.17) is 21.1 Å². The van der Waals surface area contributed by atoms with Crippen molar-refractivity contribution in [2.45, 2.75) is 12.8 Å². The fourth-order valence-corrected chi connectivity index (χ4v) is 1.73. The number of hydrogen-bond donors (Lipinski definition) is 0. The molecule has 0 amide bonds. The van der Waals surface area contributed by atoms with Crippen LogP contribution in [0.25, 0.3) is 0 Å². The van der Waals surface area contributed by atoms with Gasteiger partial charge in [-0.3, -0.25) is 0 Å². The molecule has 94 valence electrons. The molecule has 0 aliphatic carbocycles. The maximum absolute atomic E-state index is 5.83. The molecule has 0 fully saturated rings. The molecule has 0 spiro atoms. The van der Waals surface area contributed by atoms with Gasteiger partial charge in [0.1, 0.15) is 11.5 Å². The summed E-state index contributed by atoms with van der Waals surface area (Å²) in [5, 5.41) is 0. The molecular formula is C14H14ClNO2. The van der Waals surface area contributed by atoms with Gasteiger partial charge in [0.2, 0.25) is 5.88 Å². The molecule has 0 unspecified atom stereocenters. The Labute approximate surface area is 111 Å². The van der Waals surface area contributed by atoms with E-state index in [1.807, 2.05) is 43.3 Å². The minimum Gasteiger partial charge on any atom is -0.494 e. The molecule has 18 heavy (non-hydrogen) atoms. The number of pyridine rings is 1. The first-order chi connectivity index (χ1) is 8.83. The van der Waals surface area contributed by atoms with Crippen molar-refractivity contribution < 1.29 is 9.47 Å². The lowest BCUT2D eigenvalue weighted by molar-refractivity contribution is 0.338. The Morgan fingerprint density at radius 1 is 1.17 bits per heavy atom. The largest absolute Gasteiger partial charge is 0.494 e. The Kier molecular flexibility index (Phi) is 4.42. The third-order valence-corrected chi connectivity index (χ3v) is 2.61. The number of aromatic nitrogens is 1. The van der Waals surface area contributed by atoms with Crippen molar-refractivity contribution in [1.29, 1.82) is 0 Å². The number of halogens is 1. The van der Waals surface area contributed by atoms with Gasteiger partial charge in [-0.2, -0.15) is 0 Å². The molecule has 3 nitrogen and oxygen atoms in total. The van der Waals surface area contributed by atoms with Crippen LogP contribution in [0.15, 0.2) is 42.6 Å². The maximum Gasteiger partial charge on any atom is 0.223 e. The molecule has 1 aromatic heterocycles. The van der Waals surface area contributed by atoms with Gasteiger partial charge in [0.25, 0.3) is 0 Å². The zero-order valence-electron chi connectivity index (χ0n) is 10.1. The van der Waals surface area contributed by atoms with Gasteiger partial charge in [0.05, 0.1) is 12.5 Å². The summed E-state index contributed by atoms with van der Waals surface area (Å²) in [4.78, 5) is 4.17. The van der Waals surface area contributed by atoms with E-state index in [1.165, 1.54) is 0 Å². The summed E-state index contributed by atoms with van der Waals surface area (Å²) < 4.78 is 11.1. The van der Waals surface area contributed by atoms with Gasteiger partial charge < -0.3 is 9.47 Å². The first-order valence-electron chi connectivity index (χ1n) is 5.74. The Balaban J connectivity index is 2.20. The van der Waals surface area contributed by atoms with Crippen LogP contribution >= 0.6 is 11.6 Å². The van der Waals surface area contributed by atoms with E-state index in [0.717, 1.165) is 11.3 Å². The number of nitrogens with zero attached hydrogens (tertiary/aromatic N) is 1. The number of hydrogen-bond acceptors (Lipinski definition) is 3. The average molecular weight is 264 g/mol. The molecule has 0 bridgehead atoms. The highest BCUT2D eigenvalue weighted by molar-refractivity contribution is 6.17. The van der Waals surface area contributed by atoms with E-state index in [2.05, 4.69) is 4.98 Å². The first kappa shape index (κ1) is 12.7. The summed E-state index contributed by atoms with van der Waals surface area (Å²) in [6, 6.07) is 11.2. The SMILES string of the molecule is CCOc1cccc(Oc2ncccc2CCl)c1. The van der Waals surface area contributed by atoms with Crippen LogP contribution in [0, 0.1) is 0 Å². The average Bonchev–Trinajstić information content (AvgIpc) is 2.40. The van der Waals surface area contributed by atoms with Crippen molar-refractivity contribution in [2.75, 3.05) is 6.61 Å². The van der Waals surface area contributed by atoms with Crippen molar-refractivity contribution in [2.24, 2.45) is 0 Å². The van der Waals surface area contributed by atoms with Crippen LogP contribution in [0.4, 0.5) is 0 Å². The van der Waals surface area contributed by atoms with E-state index in [0.29, 0.717) is 24.1 Å². The first-order valence-corrected chi connectivity index (χ1v) is 6.27. The van der Waals surface area contributed by atoms with E-state index in [9.17, 15) is 0 Å². The normalized spacial score (nSPS) is 10.1. The van der Waals surface area contributed by atoms with Gasteiger partial charge >= 0.3 is 0 Å². The molecule has 0 atom stereocenters. The lowest BCUT2D eigenvalue weighted by Crippen LogP contribution is -1.94. The van der Waals surface area contributed by atoms with Crippen LogP contribution in [0.3, 0.4) is 0 Å².